The third kappa shape index (κ3) is 5.63. The highest BCUT2D eigenvalue weighted by Gasteiger charge is 2.17. The van der Waals surface area contributed by atoms with Gasteiger partial charge in [0.2, 0.25) is 0 Å². The summed E-state index contributed by atoms with van der Waals surface area (Å²) in [5.74, 6) is 0.151. The first-order valence-electron chi connectivity index (χ1n) is 7.34. The first-order valence-corrected chi connectivity index (χ1v) is 9.40. The Labute approximate surface area is 122 Å². The van der Waals surface area contributed by atoms with Crippen molar-refractivity contribution >= 4 is 9.84 Å². The van der Waals surface area contributed by atoms with Gasteiger partial charge in [0.15, 0.2) is 0 Å². The van der Waals surface area contributed by atoms with Crippen molar-refractivity contribution in [2.45, 2.75) is 52.1 Å². The summed E-state index contributed by atoms with van der Waals surface area (Å²) in [7, 11) is -2.98. The van der Waals surface area contributed by atoms with E-state index in [2.05, 4.69) is 24.3 Å². The van der Waals surface area contributed by atoms with Gasteiger partial charge in [-0.1, -0.05) is 20.8 Å². The second-order valence-electron chi connectivity index (χ2n) is 5.31. The fraction of sp³-hybridized carbons (Fsp3) is 0.786. The monoisotopic (exact) mass is 301 g/mol. The number of rotatable bonds is 9. The molecule has 0 fully saturated rings. The Balaban J connectivity index is 2.74. The molecule has 6 heteroatoms. The van der Waals surface area contributed by atoms with Gasteiger partial charge in [0, 0.05) is 24.9 Å². The van der Waals surface area contributed by atoms with Gasteiger partial charge in [-0.2, -0.15) is 5.10 Å². The minimum Gasteiger partial charge on any atom is -0.313 e. The average molecular weight is 301 g/mol. The molecule has 0 spiro atoms. The first-order chi connectivity index (χ1) is 9.39. The van der Waals surface area contributed by atoms with Crippen LogP contribution in [-0.2, 0) is 16.3 Å². The number of hydrogen-bond donors (Lipinski definition) is 1. The van der Waals surface area contributed by atoms with Crippen LogP contribution in [0.4, 0.5) is 0 Å². The predicted molar refractivity (Wildman–Crippen MR) is 82.7 cm³/mol. The normalized spacial score (nSPS) is 13.8. The second kappa shape index (κ2) is 7.78. The summed E-state index contributed by atoms with van der Waals surface area (Å²) in [6, 6.07) is 2.35. The van der Waals surface area contributed by atoms with E-state index in [-0.39, 0.29) is 11.8 Å². The molecule has 0 aromatic carbocycles. The summed E-state index contributed by atoms with van der Waals surface area (Å²) in [6.45, 7) is 7.05. The third-order valence-corrected chi connectivity index (χ3v) is 4.44. The first kappa shape index (κ1) is 17.2. The molecule has 1 atom stereocenters. The van der Waals surface area contributed by atoms with Gasteiger partial charge in [-0.05, 0) is 25.5 Å². The van der Waals surface area contributed by atoms with E-state index in [4.69, 9.17) is 0 Å². The quantitative estimate of drug-likeness (QED) is 0.755. The molecule has 1 N–H and O–H groups in total. The molecule has 0 aliphatic rings. The van der Waals surface area contributed by atoms with Crippen LogP contribution in [0, 0.1) is 0 Å². The van der Waals surface area contributed by atoms with Crippen LogP contribution in [0.3, 0.4) is 0 Å². The lowest BCUT2D eigenvalue weighted by Crippen LogP contribution is -2.37. The molecule has 0 saturated heterocycles. The summed E-state index contributed by atoms with van der Waals surface area (Å²) in [5.41, 5.74) is 0.950. The fourth-order valence-electron chi connectivity index (χ4n) is 2.45. The Hall–Kier alpha value is -0.880. The van der Waals surface area contributed by atoms with Gasteiger partial charge in [0.1, 0.15) is 9.84 Å². The number of likely N-dealkylation sites (N-methyl/N-ethyl adjacent to an activating group) is 1. The van der Waals surface area contributed by atoms with E-state index in [0.29, 0.717) is 12.5 Å². The van der Waals surface area contributed by atoms with Crippen LogP contribution in [0.2, 0.25) is 0 Å². The van der Waals surface area contributed by atoms with Crippen LogP contribution in [0.5, 0.6) is 0 Å². The smallest absolute Gasteiger partial charge is 0.148 e. The van der Waals surface area contributed by atoms with Gasteiger partial charge in [0.05, 0.1) is 17.5 Å². The van der Waals surface area contributed by atoms with E-state index >= 15 is 0 Å². The molecule has 0 radical (unpaired) electrons. The summed E-state index contributed by atoms with van der Waals surface area (Å²) in [5, 5.41) is 7.81. The van der Waals surface area contributed by atoms with Crippen molar-refractivity contribution in [2.24, 2.45) is 0 Å². The van der Waals surface area contributed by atoms with E-state index in [9.17, 15) is 8.42 Å². The van der Waals surface area contributed by atoms with E-state index < -0.39 is 9.84 Å². The Morgan fingerprint density at radius 2 is 1.95 bits per heavy atom. The molecule has 0 saturated carbocycles. The van der Waals surface area contributed by atoms with Crippen molar-refractivity contribution in [1.29, 1.82) is 0 Å². The molecule has 1 unspecified atom stereocenters. The minimum absolute atomic E-state index is 0.0694. The summed E-state index contributed by atoms with van der Waals surface area (Å²) >= 11 is 0. The van der Waals surface area contributed by atoms with Gasteiger partial charge >= 0.3 is 0 Å². The molecule has 1 aromatic heterocycles. The molecule has 5 nitrogen and oxygen atoms in total. The minimum atomic E-state index is -2.98. The van der Waals surface area contributed by atoms with Crippen molar-refractivity contribution in [3.05, 3.63) is 18.0 Å². The second-order valence-corrected chi connectivity index (χ2v) is 7.49. The molecule has 20 heavy (non-hydrogen) atoms. The zero-order chi connectivity index (χ0) is 15.2. The topological polar surface area (TPSA) is 64.0 Å². The maximum Gasteiger partial charge on any atom is 0.148 e. The molecule has 0 amide bonds. The summed E-state index contributed by atoms with van der Waals surface area (Å²) in [6.07, 6.45) is 6.03. The van der Waals surface area contributed by atoms with Crippen LogP contribution >= 0.6 is 0 Å². The van der Waals surface area contributed by atoms with Crippen molar-refractivity contribution in [3.63, 3.8) is 0 Å². The number of nitrogens with zero attached hydrogens (tertiary/aromatic N) is 2. The van der Waals surface area contributed by atoms with E-state index in [1.807, 2.05) is 23.9 Å². The molecule has 1 heterocycles. The molecule has 116 valence electrons. The Morgan fingerprint density at radius 1 is 1.30 bits per heavy atom. The standard InChI is InChI=1S/C14H27N3O2S/c1-5-14(6-2)17-9-8-12(16-17)10-13(15-7-3)11-20(4,18)19/h8-9,13-15H,5-7,10-11H2,1-4H3. The van der Waals surface area contributed by atoms with E-state index in [1.54, 1.807) is 0 Å². The van der Waals surface area contributed by atoms with Crippen LogP contribution < -0.4 is 5.32 Å². The average Bonchev–Trinajstić information content (AvgIpc) is 2.77. The van der Waals surface area contributed by atoms with Crippen LogP contribution in [0.1, 0.15) is 45.3 Å². The summed E-state index contributed by atoms with van der Waals surface area (Å²) < 4.78 is 24.9. The fourth-order valence-corrected chi connectivity index (χ4v) is 3.42. The number of aromatic nitrogens is 2. The molecule has 0 aliphatic carbocycles. The highest BCUT2D eigenvalue weighted by molar-refractivity contribution is 7.90. The largest absolute Gasteiger partial charge is 0.313 e. The van der Waals surface area contributed by atoms with Crippen LogP contribution in [-0.4, -0.2) is 42.8 Å². The van der Waals surface area contributed by atoms with Gasteiger partial charge < -0.3 is 5.32 Å². The maximum absolute atomic E-state index is 11.4. The van der Waals surface area contributed by atoms with Crippen LogP contribution in [0.15, 0.2) is 12.3 Å². The van der Waals surface area contributed by atoms with E-state index in [1.165, 1.54) is 6.26 Å². The Morgan fingerprint density at radius 3 is 2.45 bits per heavy atom. The Bertz CT molecular complexity index is 492. The van der Waals surface area contributed by atoms with Gasteiger partial charge in [0.25, 0.3) is 0 Å². The van der Waals surface area contributed by atoms with Crippen molar-refractivity contribution in [3.8, 4) is 0 Å². The van der Waals surface area contributed by atoms with Crippen molar-refractivity contribution in [1.82, 2.24) is 15.1 Å². The van der Waals surface area contributed by atoms with Gasteiger partial charge in [-0.15, -0.1) is 0 Å². The maximum atomic E-state index is 11.4. The van der Waals surface area contributed by atoms with Crippen molar-refractivity contribution < 1.29 is 8.42 Å². The highest BCUT2D eigenvalue weighted by atomic mass is 32.2. The van der Waals surface area contributed by atoms with E-state index in [0.717, 1.165) is 25.1 Å². The van der Waals surface area contributed by atoms with Crippen molar-refractivity contribution in [2.75, 3.05) is 18.6 Å². The molecular formula is C14H27N3O2S. The SMILES string of the molecule is CCNC(Cc1ccn(C(CC)CC)n1)CS(C)(=O)=O. The lowest BCUT2D eigenvalue weighted by Gasteiger charge is -2.16. The van der Waals surface area contributed by atoms with Gasteiger partial charge in [-0.25, -0.2) is 8.42 Å². The number of sulfone groups is 1. The third-order valence-electron chi connectivity index (χ3n) is 3.43. The molecular weight excluding hydrogens is 274 g/mol. The number of nitrogens with one attached hydrogen (secondary N) is 1. The summed E-state index contributed by atoms with van der Waals surface area (Å²) in [4.78, 5) is 0. The molecule has 0 bridgehead atoms. The predicted octanol–water partition coefficient (Wildman–Crippen LogP) is 1.81. The highest BCUT2D eigenvalue weighted by Crippen LogP contribution is 2.15. The lowest BCUT2D eigenvalue weighted by molar-refractivity contribution is 0.423. The zero-order valence-electron chi connectivity index (χ0n) is 13.0. The Kier molecular flexibility index (Phi) is 6.68. The lowest BCUT2D eigenvalue weighted by atomic mass is 10.2. The zero-order valence-corrected chi connectivity index (χ0v) is 13.8. The van der Waals surface area contributed by atoms with Gasteiger partial charge in [-0.3, -0.25) is 4.68 Å². The molecule has 1 aromatic rings. The van der Waals surface area contributed by atoms with Crippen LogP contribution in [0.25, 0.3) is 0 Å². The number of hydrogen-bond acceptors (Lipinski definition) is 4. The molecule has 0 aliphatic heterocycles. The molecule has 1 rings (SSSR count).